The Morgan fingerprint density at radius 3 is 2.29 bits per heavy atom. The van der Waals surface area contributed by atoms with Crippen molar-refractivity contribution < 1.29 is 13.2 Å². The maximum absolute atomic E-state index is 10.9. The minimum atomic E-state index is -3.45. The number of morpholine rings is 1. The van der Waals surface area contributed by atoms with Crippen LogP contribution in [0.5, 0.6) is 0 Å². The topological polar surface area (TPSA) is 72.6 Å². The summed E-state index contributed by atoms with van der Waals surface area (Å²) in [5.41, 5.74) is 1.80. The fraction of sp³-hybridized carbons (Fsp3) is 0.455. The lowest BCUT2D eigenvalue weighted by atomic mass is 10.2. The first-order valence-corrected chi connectivity index (χ1v) is 7.18. The highest BCUT2D eigenvalue weighted by Crippen LogP contribution is 2.17. The highest BCUT2D eigenvalue weighted by Gasteiger charge is 2.11. The van der Waals surface area contributed by atoms with Gasteiger partial charge in [-0.05, 0) is 17.7 Å². The van der Waals surface area contributed by atoms with Crippen molar-refractivity contribution in [2.75, 3.05) is 31.2 Å². The van der Waals surface area contributed by atoms with Gasteiger partial charge in [0.15, 0.2) is 0 Å². The number of nitrogens with two attached hydrogens (primary N) is 1. The van der Waals surface area contributed by atoms with Gasteiger partial charge in [-0.2, -0.15) is 0 Å². The molecule has 0 unspecified atom stereocenters. The van der Waals surface area contributed by atoms with Crippen LogP contribution in [-0.2, 0) is 20.5 Å². The molecule has 6 heteroatoms. The molecule has 1 aromatic rings. The second-order valence-corrected chi connectivity index (χ2v) is 5.69. The van der Waals surface area contributed by atoms with Gasteiger partial charge in [-0.25, -0.2) is 13.6 Å². The summed E-state index contributed by atoms with van der Waals surface area (Å²) in [6.45, 7) is 3.21. The monoisotopic (exact) mass is 256 g/mol. The van der Waals surface area contributed by atoms with E-state index in [0.29, 0.717) is 5.56 Å². The summed E-state index contributed by atoms with van der Waals surface area (Å²) in [6.07, 6.45) is 0. The molecule has 17 heavy (non-hydrogen) atoms. The molecule has 0 aromatic heterocycles. The van der Waals surface area contributed by atoms with Crippen molar-refractivity contribution in [3.63, 3.8) is 0 Å². The molecule has 1 saturated heterocycles. The van der Waals surface area contributed by atoms with E-state index in [1.807, 2.05) is 12.1 Å². The minimum Gasteiger partial charge on any atom is -0.378 e. The largest absolute Gasteiger partial charge is 0.378 e. The second kappa shape index (κ2) is 5.03. The third kappa shape index (κ3) is 3.69. The van der Waals surface area contributed by atoms with E-state index in [-0.39, 0.29) is 5.75 Å². The van der Waals surface area contributed by atoms with Crippen LogP contribution in [0.15, 0.2) is 24.3 Å². The zero-order valence-corrected chi connectivity index (χ0v) is 10.3. The van der Waals surface area contributed by atoms with E-state index >= 15 is 0 Å². The molecule has 2 N–H and O–H groups in total. The molecule has 1 aliphatic rings. The number of primary sulfonamides is 1. The van der Waals surface area contributed by atoms with Crippen molar-refractivity contribution in [2.45, 2.75) is 5.75 Å². The quantitative estimate of drug-likeness (QED) is 0.845. The number of nitrogens with zero attached hydrogens (tertiary/aromatic N) is 1. The van der Waals surface area contributed by atoms with Crippen LogP contribution in [0.1, 0.15) is 5.56 Å². The Morgan fingerprint density at radius 2 is 1.76 bits per heavy atom. The normalized spacial score (nSPS) is 17.1. The molecule has 1 fully saturated rings. The van der Waals surface area contributed by atoms with Crippen molar-refractivity contribution in [1.29, 1.82) is 0 Å². The molecule has 94 valence electrons. The molecule has 0 aliphatic carbocycles. The smallest absolute Gasteiger partial charge is 0.213 e. The van der Waals surface area contributed by atoms with Gasteiger partial charge in [0, 0.05) is 18.8 Å². The van der Waals surface area contributed by atoms with E-state index in [1.165, 1.54) is 0 Å². The molecule has 1 aromatic carbocycles. The highest BCUT2D eigenvalue weighted by molar-refractivity contribution is 7.88. The number of sulfonamides is 1. The number of hydrogen-bond acceptors (Lipinski definition) is 4. The third-order valence-corrected chi connectivity index (χ3v) is 3.42. The molecule has 0 atom stereocenters. The van der Waals surface area contributed by atoms with Crippen LogP contribution < -0.4 is 10.0 Å². The molecule has 1 aliphatic heterocycles. The number of hydrogen-bond donors (Lipinski definition) is 1. The maximum Gasteiger partial charge on any atom is 0.213 e. The molecular weight excluding hydrogens is 240 g/mol. The average molecular weight is 256 g/mol. The predicted octanol–water partition coefficient (Wildman–Crippen LogP) is 0.312. The lowest BCUT2D eigenvalue weighted by Gasteiger charge is -2.28. The number of ether oxygens (including phenoxy) is 1. The molecule has 0 amide bonds. The lowest BCUT2D eigenvalue weighted by Crippen LogP contribution is -2.36. The first kappa shape index (κ1) is 12.3. The Balaban J connectivity index is 2.07. The first-order chi connectivity index (χ1) is 8.04. The Labute approximate surface area is 101 Å². The van der Waals surface area contributed by atoms with Gasteiger partial charge in [-0.15, -0.1) is 0 Å². The van der Waals surface area contributed by atoms with Gasteiger partial charge in [0.25, 0.3) is 0 Å². The summed E-state index contributed by atoms with van der Waals surface area (Å²) in [5, 5.41) is 4.99. The molecule has 0 spiro atoms. The fourth-order valence-corrected chi connectivity index (χ4v) is 2.51. The standard InChI is InChI=1S/C11H16N2O3S/c12-17(14,15)9-10-1-3-11(4-2-10)13-5-7-16-8-6-13/h1-4H,5-9H2,(H2,12,14,15). The molecule has 2 rings (SSSR count). The zero-order valence-electron chi connectivity index (χ0n) is 9.50. The first-order valence-electron chi connectivity index (χ1n) is 5.47. The van der Waals surface area contributed by atoms with Crippen LogP contribution in [-0.4, -0.2) is 34.7 Å². The van der Waals surface area contributed by atoms with Gasteiger partial charge in [0.1, 0.15) is 0 Å². The van der Waals surface area contributed by atoms with Crippen molar-refractivity contribution in [2.24, 2.45) is 5.14 Å². The molecule has 1 heterocycles. The minimum absolute atomic E-state index is 0.115. The maximum atomic E-state index is 10.9. The Bertz CT molecular complexity index is 464. The third-order valence-electron chi connectivity index (χ3n) is 2.68. The van der Waals surface area contributed by atoms with Crippen LogP contribution in [0, 0.1) is 0 Å². The highest BCUT2D eigenvalue weighted by atomic mass is 32.2. The fourth-order valence-electron chi connectivity index (χ4n) is 1.86. The summed E-state index contributed by atoms with van der Waals surface area (Å²) in [7, 11) is -3.45. The second-order valence-electron chi connectivity index (χ2n) is 4.07. The van der Waals surface area contributed by atoms with E-state index < -0.39 is 10.0 Å². The van der Waals surface area contributed by atoms with Crippen molar-refractivity contribution in [3.8, 4) is 0 Å². The molecular formula is C11H16N2O3S. The van der Waals surface area contributed by atoms with E-state index in [2.05, 4.69) is 4.90 Å². The average Bonchev–Trinajstić information content (AvgIpc) is 2.29. The summed E-state index contributed by atoms with van der Waals surface area (Å²) >= 11 is 0. The summed E-state index contributed by atoms with van der Waals surface area (Å²) in [4.78, 5) is 2.21. The summed E-state index contributed by atoms with van der Waals surface area (Å²) in [5.74, 6) is -0.115. The molecule has 0 saturated carbocycles. The number of anilines is 1. The number of rotatable bonds is 3. The Kier molecular flexibility index (Phi) is 3.66. The molecule has 0 radical (unpaired) electrons. The van der Waals surface area contributed by atoms with Gasteiger partial charge >= 0.3 is 0 Å². The SMILES string of the molecule is NS(=O)(=O)Cc1ccc(N2CCOCC2)cc1. The van der Waals surface area contributed by atoms with Gasteiger partial charge in [0.2, 0.25) is 10.0 Å². The van der Waals surface area contributed by atoms with Crippen molar-refractivity contribution in [3.05, 3.63) is 29.8 Å². The van der Waals surface area contributed by atoms with Crippen LogP contribution in [0.2, 0.25) is 0 Å². The van der Waals surface area contributed by atoms with Crippen molar-refractivity contribution >= 4 is 15.7 Å². The summed E-state index contributed by atoms with van der Waals surface area (Å²) < 4.78 is 27.1. The lowest BCUT2D eigenvalue weighted by molar-refractivity contribution is 0.122. The predicted molar refractivity (Wildman–Crippen MR) is 66.3 cm³/mol. The Hall–Kier alpha value is -1.11. The van der Waals surface area contributed by atoms with Gasteiger partial charge in [-0.3, -0.25) is 0 Å². The molecule has 5 nitrogen and oxygen atoms in total. The van der Waals surface area contributed by atoms with Crippen molar-refractivity contribution in [1.82, 2.24) is 0 Å². The van der Waals surface area contributed by atoms with Gasteiger partial charge in [0.05, 0.1) is 19.0 Å². The summed E-state index contributed by atoms with van der Waals surface area (Å²) in [6, 6.07) is 7.45. The van der Waals surface area contributed by atoms with Gasteiger partial charge < -0.3 is 9.64 Å². The van der Waals surface area contributed by atoms with Crippen LogP contribution in [0.3, 0.4) is 0 Å². The van der Waals surface area contributed by atoms with Crippen LogP contribution in [0.25, 0.3) is 0 Å². The van der Waals surface area contributed by atoms with E-state index in [0.717, 1.165) is 32.0 Å². The zero-order chi connectivity index (χ0) is 12.3. The van der Waals surface area contributed by atoms with Crippen LogP contribution >= 0.6 is 0 Å². The van der Waals surface area contributed by atoms with E-state index in [1.54, 1.807) is 12.1 Å². The Morgan fingerprint density at radius 1 is 1.18 bits per heavy atom. The molecule has 0 bridgehead atoms. The van der Waals surface area contributed by atoms with E-state index in [9.17, 15) is 8.42 Å². The van der Waals surface area contributed by atoms with Gasteiger partial charge in [-0.1, -0.05) is 12.1 Å². The number of benzene rings is 1. The van der Waals surface area contributed by atoms with E-state index in [4.69, 9.17) is 9.88 Å². The van der Waals surface area contributed by atoms with Crippen LogP contribution in [0.4, 0.5) is 5.69 Å².